The first kappa shape index (κ1) is 6.49. The highest BCUT2D eigenvalue weighted by molar-refractivity contribution is 7.17. The van der Waals surface area contributed by atoms with E-state index in [-0.39, 0.29) is 11.5 Å². The number of phenols is 2. The first-order valence-corrected chi connectivity index (χ1v) is 4.05. The maximum Gasteiger partial charge on any atom is 0.175 e. The minimum Gasteiger partial charge on any atom is -0.504 e. The van der Waals surface area contributed by atoms with Crippen LogP contribution in [0.25, 0.3) is 10.1 Å². The first-order valence-electron chi connectivity index (χ1n) is 3.17. The Morgan fingerprint density at radius 1 is 1.09 bits per heavy atom. The summed E-state index contributed by atoms with van der Waals surface area (Å²) < 4.78 is 0.741. The standard InChI is InChI=1S/C8H6O2S/c9-6-2-1-5-3-4-11-8(5)7(6)10/h1-4,9-10H. The molecule has 1 heterocycles. The Kier molecular flexibility index (Phi) is 1.26. The summed E-state index contributed by atoms with van der Waals surface area (Å²) in [6.07, 6.45) is 0. The Bertz CT molecular complexity index is 392. The van der Waals surface area contributed by atoms with Gasteiger partial charge in [-0.2, -0.15) is 0 Å². The fourth-order valence-corrected chi connectivity index (χ4v) is 1.85. The second-order valence-electron chi connectivity index (χ2n) is 2.27. The number of aromatic hydroxyl groups is 2. The normalized spacial score (nSPS) is 10.5. The smallest absolute Gasteiger partial charge is 0.175 e. The third-order valence-electron chi connectivity index (χ3n) is 1.57. The van der Waals surface area contributed by atoms with E-state index in [4.69, 9.17) is 5.11 Å². The van der Waals surface area contributed by atoms with Crippen molar-refractivity contribution in [3.05, 3.63) is 23.6 Å². The van der Waals surface area contributed by atoms with E-state index in [2.05, 4.69) is 0 Å². The van der Waals surface area contributed by atoms with Crippen molar-refractivity contribution in [1.29, 1.82) is 0 Å². The van der Waals surface area contributed by atoms with E-state index in [1.54, 1.807) is 6.07 Å². The molecule has 2 rings (SSSR count). The van der Waals surface area contributed by atoms with Gasteiger partial charge in [-0.15, -0.1) is 11.3 Å². The van der Waals surface area contributed by atoms with E-state index < -0.39 is 0 Å². The SMILES string of the molecule is Oc1ccc2ccsc2c1O. The van der Waals surface area contributed by atoms with Crippen molar-refractivity contribution in [2.45, 2.75) is 0 Å². The molecule has 2 N–H and O–H groups in total. The van der Waals surface area contributed by atoms with Crippen molar-refractivity contribution in [2.75, 3.05) is 0 Å². The van der Waals surface area contributed by atoms with Crippen LogP contribution in [-0.4, -0.2) is 10.2 Å². The molecule has 2 aromatic rings. The van der Waals surface area contributed by atoms with Crippen LogP contribution < -0.4 is 0 Å². The molecule has 0 amide bonds. The second-order valence-corrected chi connectivity index (χ2v) is 3.19. The fraction of sp³-hybridized carbons (Fsp3) is 0. The van der Waals surface area contributed by atoms with Gasteiger partial charge in [0.15, 0.2) is 11.5 Å². The van der Waals surface area contributed by atoms with E-state index in [0.29, 0.717) is 0 Å². The molecule has 2 nitrogen and oxygen atoms in total. The van der Waals surface area contributed by atoms with Gasteiger partial charge >= 0.3 is 0 Å². The summed E-state index contributed by atoms with van der Waals surface area (Å²) in [4.78, 5) is 0. The average Bonchev–Trinajstić information content (AvgIpc) is 2.45. The fourth-order valence-electron chi connectivity index (χ4n) is 1.01. The zero-order valence-electron chi connectivity index (χ0n) is 5.61. The zero-order chi connectivity index (χ0) is 7.84. The topological polar surface area (TPSA) is 40.5 Å². The molecule has 0 atom stereocenters. The molecule has 0 radical (unpaired) electrons. The molecule has 0 saturated heterocycles. The van der Waals surface area contributed by atoms with E-state index >= 15 is 0 Å². The Morgan fingerprint density at radius 3 is 2.73 bits per heavy atom. The van der Waals surface area contributed by atoms with Crippen molar-refractivity contribution < 1.29 is 10.2 Å². The summed E-state index contributed by atoms with van der Waals surface area (Å²) in [5.74, 6) is -0.0718. The lowest BCUT2D eigenvalue weighted by Gasteiger charge is -1.96. The number of hydrogen-bond donors (Lipinski definition) is 2. The lowest BCUT2D eigenvalue weighted by molar-refractivity contribution is 0.409. The minimum absolute atomic E-state index is 0.0162. The largest absolute Gasteiger partial charge is 0.504 e. The highest BCUT2D eigenvalue weighted by Gasteiger charge is 2.04. The monoisotopic (exact) mass is 166 g/mol. The molecule has 0 aliphatic rings. The van der Waals surface area contributed by atoms with Gasteiger partial charge in [0.2, 0.25) is 0 Å². The maximum absolute atomic E-state index is 9.31. The third kappa shape index (κ3) is 0.851. The minimum atomic E-state index is -0.0556. The molecule has 0 unspecified atom stereocenters. The molecule has 1 aromatic carbocycles. The molecule has 0 aliphatic carbocycles. The number of thiophene rings is 1. The van der Waals surface area contributed by atoms with Gasteiger partial charge < -0.3 is 10.2 Å². The molecule has 0 bridgehead atoms. The van der Waals surface area contributed by atoms with Gasteiger partial charge in [-0.25, -0.2) is 0 Å². The lowest BCUT2D eigenvalue weighted by Crippen LogP contribution is -1.67. The predicted octanol–water partition coefficient (Wildman–Crippen LogP) is 2.31. The summed E-state index contributed by atoms with van der Waals surface area (Å²) in [6.45, 7) is 0. The zero-order valence-corrected chi connectivity index (χ0v) is 6.43. The second kappa shape index (κ2) is 2.13. The van der Waals surface area contributed by atoms with Crippen molar-refractivity contribution >= 4 is 21.4 Å². The van der Waals surface area contributed by atoms with Crippen LogP contribution >= 0.6 is 11.3 Å². The number of phenolic OH excluding ortho intramolecular Hbond substituents is 2. The Morgan fingerprint density at radius 2 is 1.91 bits per heavy atom. The van der Waals surface area contributed by atoms with Crippen molar-refractivity contribution in [3.63, 3.8) is 0 Å². The molecule has 11 heavy (non-hydrogen) atoms. The molecule has 0 spiro atoms. The molecular weight excluding hydrogens is 160 g/mol. The maximum atomic E-state index is 9.31. The van der Waals surface area contributed by atoms with Crippen LogP contribution in [0, 0.1) is 0 Å². The van der Waals surface area contributed by atoms with Crippen LogP contribution in [0.15, 0.2) is 23.6 Å². The molecule has 0 saturated carbocycles. The molecule has 1 aromatic heterocycles. The molecule has 0 fully saturated rings. The summed E-state index contributed by atoms with van der Waals surface area (Å²) in [5.41, 5.74) is 0. The Labute approximate surface area is 67.3 Å². The summed E-state index contributed by atoms with van der Waals surface area (Å²) in [5, 5.41) is 21.2. The van der Waals surface area contributed by atoms with Crippen LogP contribution in [0.1, 0.15) is 0 Å². The molecule has 56 valence electrons. The van der Waals surface area contributed by atoms with Crippen LogP contribution in [0.3, 0.4) is 0 Å². The van der Waals surface area contributed by atoms with Gasteiger partial charge in [0.05, 0.1) is 4.70 Å². The summed E-state index contributed by atoms with van der Waals surface area (Å²) in [7, 11) is 0. The predicted molar refractivity (Wildman–Crippen MR) is 45.2 cm³/mol. The van der Waals surface area contributed by atoms with E-state index in [1.165, 1.54) is 17.4 Å². The number of benzene rings is 1. The number of fused-ring (bicyclic) bond motifs is 1. The molecular formula is C8H6O2S. The van der Waals surface area contributed by atoms with Crippen LogP contribution in [0.5, 0.6) is 11.5 Å². The number of hydrogen-bond acceptors (Lipinski definition) is 3. The quantitative estimate of drug-likeness (QED) is 0.589. The highest BCUT2D eigenvalue weighted by atomic mass is 32.1. The van der Waals surface area contributed by atoms with Gasteiger partial charge in [-0.1, -0.05) is 0 Å². The molecule has 0 aliphatic heterocycles. The van der Waals surface area contributed by atoms with Gasteiger partial charge in [0, 0.05) is 0 Å². The summed E-state index contributed by atoms with van der Waals surface area (Å²) in [6, 6.07) is 5.17. The van der Waals surface area contributed by atoms with Crippen molar-refractivity contribution in [2.24, 2.45) is 0 Å². The number of rotatable bonds is 0. The van der Waals surface area contributed by atoms with Crippen molar-refractivity contribution in [3.8, 4) is 11.5 Å². The van der Waals surface area contributed by atoms with E-state index in [9.17, 15) is 5.11 Å². The highest BCUT2D eigenvalue weighted by Crippen LogP contribution is 2.36. The van der Waals surface area contributed by atoms with Crippen LogP contribution in [0.2, 0.25) is 0 Å². The third-order valence-corrected chi connectivity index (χ3v) is 2.51. The van der Waals surface area contributed by atoms with Gasteiger partial charge in [-0.3, -0.25) is 0 Å². The van der Waals surface area contributed by atoms with Crippen LogP contribution in [0.4, 0.5) is 0 Å². The Hall–Kier alpha value is -1.22. The Balaban J connectivity index is 2.93. The lowest BCUT2D eigenvalue weighted by atomic mass is 10.2. The van der Waals surface area contributed by atoms with E-state index in [1.807, 2.05) is 11.4 Å². The van der Waals surface area contributed by atoms with Gasteiger partial charge in [0.1, 0.15) is 0 Å². The first-order chi connectivity index (χ1) is 5.29. The van der Waals surface area contributed by atoms with Gasteiger partial charge in [-0.05, 0) is 29.0 Å². The average molecular weight is 166 g/mol. The van der Waals surface area contributed by atoms with Crippen LogP contribution in [-0.2, 0) is 0 Å². The van der Waals surface area contributed by atoms with Gasteiger partial charge in [0.25, 0.3) is 0 Å². The molecule has 3 heteroatoms. The van der Waals surface area contributed by atoms with Crippen molar-refractivity contribution in [1.82, 2.24) is 0 Å². The summed E-state index contributed by atoms with van der Waals surface area (Å²) >= 11 is 1.42. The van der Waals surface area contributed by atoms with E-state index in [0.717, 1.165) is 10.1 Å².